The van der Waals surface area contributed by atoms with Crippen molar-refractivity contribution in [2.75, 3.05) is 5.73 Å². The number of pyridine rings is 1. The number of hydrogen-bond acceptors (Lipinski definition) is 3. The Labute approximate surface area is 87.7 Å². The maximum absolute atomic E-state index is 12.5. The molecule has 0 saturated carbocycles. The molecule has 0 unspecified atom stereocenters. The van der Waals surface area contributed by atoms with Gasteiger partial charge in [-0.1, -0.05) is 0 Å². The normalized spacial score (nSPS) is 10.2. The van der Waals surface area contributed by atoms with E-state index in [1.807, 2.05) is 0 Å². The van der Waals surface area contributed by atoms with E-state index in [-0.39, 0.29) is 28.0 Å². The fourth-order valence-corrected chi connectivity index (χ4v) is 1.48. The summed E-state index contributed by atoms with van der Waals surface area (Å²) >= 11 is 2.96. The third-order valence-corrected chi connectivity index (χ3v) is 2.06. The quantitative estimate of drug-likeness (QED) is 0.832. The van der Waals surface area contributed by atoms with Gasteiger partial charge in [-0.2, -0.15) is 5.26 Å². The molecule has 3 nitrogen and oxygen atoms in total. The molecule has 14 heavy (non-hydrogen) atoms. The van der Waals surface area contributed by atoms with Crippen LogP contribution in [0.2, 0.25) is 0 Å². The highest BCUT2D eigenvalue weighted by Crippen LogP contribution is 2.28. The summed E-state index contributed by atoms with van der Waals surface area (Å²) in [6.07, 6.45) is -2.81. The smallest absolute Gasteiger partial charge is 0.264 e. The summed E-state index contributed by atoms with van der Waals surface area (Å²) in [5.74, 6) is -0.0313. The van der Waals surface area contributed by atoms with E-state index in [9.17, 15) is 8.78 Å². The Bertz CT molecular complexity index is 387. The van der Waals surface area contributed by atoms with Gasteiger partial charge < -0.3 is 5.73 Å². The lowest BCUT2D eigenvalue weighted by atomic mass is 10.1. The van der Waals surface area contributed by atoms with Crippen LogP contribution in [-0.2, 0) is 6.42 Å². The van der Waals surface area contributed by atoms with Gasteiger partial charge in [-0.25, -0.2) is 13.8 Å². The molecule has 0 aromatic carbocycles. The Hall–Kier alpha value is -1.22. The van der Waals surface area contributed by atoms with Crippen LogP contribution in [0.5, 0.6) is 0 Å². The van der Waals surface area contributed by atoms with Crippen LogP contribution in [0, 0.1) is 11.3 Å². The zero-order valence-electron chi connectivity index (χ0n) is 6.97. The molecule has 0 aliphatic carbocycles. The van der Waals surface area contributed by atoms with Gasteiger partial charge in [0.25, 0.3) is 6.43 Å². The standard InChI is InChI=1S/C8H6BrF2N3/c9-6-3-5(7(10)11)4(1-2-12)8(13)14-6/h3,7H,1H2,(H2,13,14). The molecule has 0 aliphatic rings. The first kappa shape index (κ1) is 10.9. The van der Waals surface area contributed by atoms with Crippen LogP contribution in [0.15, 0.2) is 10.7 Å². The average molecular weight is 262 g/mol. The van der Waals surface area contributed by atoms with E-state index in [0.29, 0.717) is 0 Å². The van der Waals surface area contributed by atoms with Gasteiger partial charge in [0.15, 0.2) is 0 Å². The Morgan fingerprint density at radius 2 is 2.29 bits per heavy atom. The summed E-state index contributed by atoms with van der Waals surface area (Å²) < 4.78 is 25.2. The van der Waals surface area contributed by atoms with Crippen molar-refractivity contribution in [3.63, 3.8) is 0 Å². The number of alkyl halides is 2. The fourth-order valence-electron chi connectivity index (χ4n) is 1.04. The van der Waals surface area contributed by atoms with Crippen molar-refractivity contribution in [3.8, 4) is 6.07 Å². The highest BCUT2D eigenvalue weighted by molar-refractivity contribution is 9.10. The maximum Gasteiger partial charge on any atom is 0.264 e. The molecule has 0 saturated heterocycles. The number of nitrogens with zero attached hydrogens (tertiary/aromatic N) is 2. The Kier molecular flexibility index (Phi) is 3.36. The summed E-state index contributed by atoms with van der Waals surface area (Å²) in [5, 5.41) is 8.43. The van der Waals surface area contributed by atoms with Crippen LogP contribution < -0.4 is 5.73 Å². The highest BCUT2D eigenvalue weighted by Gasteiger charge is 2.17. The van der Waals surface area contributed by atoms with Crippen molar-refractivity contribution in [2.24, 2.45) is 0 Å². The van der Waals surface area contributed by atoms with Crippen LogP contribution in [-0.4, -0.2) is 4.98 Å². The average Bonchev–Trinajstić information content (AvgIpc) is 2.09. The van der Waals surface area contributed by atoms with E-state index in [1.165, 1.54) is 6.07 Å². The van der Waals surface area contributed by atoms with Gasteiger partial charge in [-0.3, -0.25) is 0 Å². The first-order valence-electron chi connectivity index (χ1n) is 3.66. The predicted octanol–water partition coefficient (Wildman–Crippen LogP) is 2.43. The molecule has 0 atom stereocenters. The second kappa shape index (κ2) is 4.33. The number of nitrogen functional groups attached to an aromatic ring is 1. The molecule has 1 aromatic heterocycles. The molecular weight excluding hydrogens is 256 g/mol. The van der Waals surface area contributed by atoms with Gasteiger partial charge in [0, 0.05) is 11.1 Å². The Morgan fingerprint density at radius 1 is 1.64 bits per heavy atom. The van der Waals surface area contributed by atoms with Crippen LogP contribution in [0.3, 0.4) is 0 Å². The number of aromatic nitrogens is 1. The molecular formula is C8H6BrF2N3. The molecule has 0 radical (unpaired) electrons. The Balaban J connectivity index is 3.30. The van der Waals surface area contributed by atoms with Crippen molar-refractivity contribution < 1.29 is 8.78 Å². The van der Waals surface area contributed by atoms with E-state index >= 15 is 0 Å². The van der Waals surface area contributed by atoms with Crippen LogP contribution in [0.4, 0.5) is 14.6 Å². The molecule has 0 bridgehead atoms. The van der Waals surface area contributed by atoms with E-state index in [1.54, 1.807) is 6.07 Å². The van der Waals surface area contributed by atoms with Crippen LogP contribution >= 0.6 is 15.9 Å². The number of nitrogens with two attached hydrogens (primary N) is 1. The minimum atomic E-state index is -2.65. The van der Waals surface area contributed by atoms with Gasteiger partial charge in [-0.15, -0.1) is 0 Å². The number of halogens is 3. The summed E-state index contributed by atoms with van der Waals surface area (Å²) in [4.78, 5) is 3.75. The first-order chi connectivity index (χ1) is 6.56. The summed E-state index contributed by atoms with van der Waals surface area (Å²) in [5.41, 5.74) is 5.28. The van der Waals surface area contributed by atoms with E-state index in [4.69, 9.17) is 11.0 Å². The molecule has 0 fully saturated rings. The first-order valence-corrected chi connectivity index (χ1v) is 4.45. The Morgan fingerprint density at radius 3 is 2.79 bits per heavy atom. The lowest BCUT2D eigenvalue weighted by Gasteiger charge is -2.08. The molecule has 0 amide bonds. The minimum Gasteiger partial charge on any atom is -0.383 e. The van der Waals surface area contributed by atoms with E-state index in [2.05, 4.69) is 20.9 Å². The largest absolute Gasteiger partial charge is 0.383 e. The molecule has 1 rings (SSSR count). The fraction of sp³-hybridized carbons (Fsp3) is 0.250. The molecule has 2 N–H and O–H groups in total. The van der Waals surface area contributed by atoms with Gasteiger partial charge in [-0.05, 0) is 22.0 Å². The van der Waals surface area contributed by atoms with Gasteiger partial charge in [0.1, 0.15) is 10.4 Å². The third-order valence-electron chi connectivity index (χ3n) is 1.65. The second-order valence-electron chi connectivity index (χ2n) is 2.53. The van der Waals surface area contributed by atoms with E-state index < -0.39 is 6.43 Å². The maximum atomic E-state index is 12.5. The number of rotatable bonds is 2. The zero-order chi connectivity index (χ0) is 10.7. The summed E-state index contributed by atoms with van der Waals surface area (Å²) in [7, 11) is 0. The van der Waals surface area contributed by atoms with Crippen molar-refractivity contribution in [2.45, 2.75) is 12.8 Å². The van der Waals surface area contributed by atoms with Crippen LogP contribution in [0.25, 0.3) is 0 Å². The topological polar surface area (TPSA) is 62.7 Å². The van der Waals surface area contributed by atoms with Crippen molar-refractivity contribution in [1.82, 2.24) is 4.98 Å². The molecule has 1 aromatic rings. The van der Waals surface area contributed by atoms with Crippen molar-refractivity contribution in [1.29, 1.82) is 5.26 Å². The van der Waals surface area contributed by atoms with Gasteiger partial charge in [0.05, 0.1) is 12.5 Å². The molecule has 1 heterocycles. The predicted molar refractivity (Wildman–Crippen MR) is 50.6 cm³/mol. The van der Waals surface area contributed by atoms with Gasteiger partial charge in [0.2, 0.25) is 0 Å². The lowest BCUT2D eigenvalue weighted by Crippen LogP contribution is -2.03. The number of nitriles is 1. The molecule has 0 spiro atoms. The number of hydrogen-bond donors (Lipinski definition) is 1. The molecule has 0 aliphatic heterocycles. The second-order valence-corrected chi connectivity index (χ2v) is 3.35. The van der Waals surface area contributed by atoms with E-state index in [0.717, 1.165) is 0 Å². The molecule has 6 heteroatoms. The highest BCUT2D eigenvalue weighted by atomic mass is 79.9. The SMILES string of the molecule is N#CCc1c(C(F)F)cc(Br)nc1N. The third kappa shape index (κ3) is 2.17. The van der Waals surface area contributed by atoms with Crippen molar-refractivity contribution >= 4 is 21.7 Å². The summed E-state index contributed by atoms with van der Waals surface area (Å²) in [6, 6.07) is 2.95. The van der Waals surface area contributed by atoms with Crippen molar-refractivity contribution in [3.05, 3.63) is 21.8 Å². The number of anilines is 1. The lowest BCUT2D eigenvalue weighted by molar-refractivity contribution is 0.150. The minimum absolute atomic E-state index is 0.0313. The summed E-state index contributed by atoms with van der Waals surface area (Å²) in [6.45, 7) is 0. The monoisotopic (exact) mass is 261 g/mol. The molecule has 74 valence electrons. The van der Waals surface area contributed by atoms with Crippen LogP contribution in [0.1, 0.15) is 17.6 Å². The zero-order valence-corrected chi connectivity index (χ0v) is 8.55. The van der Waals surface area contributed by atoms with Gasteiger partial charge >= 0.3 is 0 Å².